The van der Waals surface area contributed by atoms with Gasteiger partial charge in [0.15, 0.2) is 0 Å². The molecule has 3 heterocycles. The fourth-order valence-electron chi connectivity index (χ4n) is 4.67. The minimum atomic E-state index is -3.77. The van der Waals surface area contributed by atoms with E-state index in [2.05, 4.69) is 0 Å². The summed E-state index contributed by atoms with van der Waals surface area (Å²) in [6, 6.07) is 12.8. The summed E-state index contributed by atoms with van der Waals surface area (Å²) in [6.45, 7) is 1.19. The second kappa shape index (κ2) is 8.53. The lowest BCUT2D eigenvalue weighted by molar-refractivity contribution is -0.137. The van der Waals surface area contributed by atoms with Crippen LogP contribution in [0.3, 0.4) is 0 Å². The number of sulfonamides is 1. The van der Waals surface area contributed by atoms with Crippen LogP contribution in [-0.2, 0) is 14.8 Å². The number of amides is 1. The van der Waals surface area contributed by atoms with Crippen molar-refractivity contribution in [3.05, 3.63) is 59.4 Å². The van der Waals surface area contributed by atoms with E-state index in [4.69, 9.17) is 4.98 Å². The minimum Gasteiger partial charge on any atom is -0.333 e. The average Bonchev–Trinajstić information content (AvgIpc) is 3.46. The molecule has 3 aromatic rings. The van der Waals surface area contributed by atoms with Crippen LogP contribution in [-0.4, -0.2) is 48.1 Å². The van der Waals surface area contributed by atoms with Gasteiger partial charge in [0.1, 0.15) is 10.8 Å². The van der Waals surface area contributed by atoms with Gasteiger partial charge >= 0.3 is 0 Å². The second-order valence-corrected chi connectivity index (χ2v) is 11.4. The summed E-state index contributed by atoms with van der Waals surface area (Å²) >= 11 is 1.62. The lowest BCUT2D eigenvalue weighted by Gasteiger charge is -2.34. The Morgan fingerprint density at radius 2 is 1.78 bits per heavy atom. The van der Waals surface area contributed by atoms with Crippen molar-refractivity contribution in [1.82, 2.24) is 14.2 Å². The molecule has 32 heavy (non-hydrogen) atoms. The molecule has 2 atom stereocenters. The van der Waals surface area contributed by atoms with Crippen LogP contribution < -0.4 is 0 Å². The zero-order chi connectivity index (χ0) is 22.3. The quantitative estimate of drug-likeness (QED) is 0.570. The number of likely N-dealkylation sites (tertiary alicyclic amines) is 1. The number of thiazole rings is 1. The lowest BCUT2D eigenvalue weighted by Crippen LogP contribution is -2.46. The Bertz CT molecular complexity index is 1210. The van der Waals surface area contributed by atoms with Crippen LogP contribution in [0.2, 0.25) is 0 Å². The maximum absolute atomic E-state index is 13.5. The van der Waals surface area contributed by atoms with E-state index < -0.39 is 15.8 Å². The molecule has 0 bridgehead atoms. The van der Waals surface area contributed by atoms with Crippen LogP contribution in [0.5, 0.6) is 0 Å². The van der Waals surface area contributed by atoms with Gasteiger partial charge in [-0.05, 0) is 62.1 Å². The van der Waals surface area contributed by atoms with Crippen molar-refractivity contribution < 1.29 is 17.6 Å². The molecule has 2 saturated heterocycles. The SMILES string of the molecule is O=C(C1CCCN(S(=O)(=O)c2ccc(F)cc2)C1)N1CCCC1c1nc2ccccc2s1. The van der Waals surface area contributed by atoms with Crippen molar-refractivity contribution in [1.29, 1.82) is 0 Å². The normalized spacial score (nSPS) is 22.5. The van der Waals surface area contributed by atoms with Crippen LogP contribution in [0.1, 0.15) is 36.7 Å². The van der Waals surface area contributed by atoms with Crippen LogP contribution in [0, 0.1) is 11.7 Å². The number of fused-ring (bicyclic) bond motifs is 1. The summed E-state index contributed by atoms with van der Waals surface area (Å²) in [6.07, 6.45) is 3.07. The van der Waals surface area contributed by atoms with E-state index >= 15 is 0 Å². The molecule has 2 fully saturated rings. The standard InChI is InChI=1S/C23H24FN3O3S2/c24-17-9-11-18(12-10-17)32(29,30)26-13-3-5-16(15-26)23(28)27-14-4-7-20(27)22-25-19-6-1-2-8-21(19)31-22/h1-2,6,8-12,16,20H,3-5,7,13-15H2. The molecular weight excluding hydrogens is 449 g/mol. The molecule has 2 aliphatic rings. The van der Waals surface area contributed by atoms with E-state index in [0.29, 0.717) is 25.9 Å². The predicted molar refractivity (Wildman–Crippen MR) is 121 cm³/mol. The summed E-state index contributed by atoms with van der Waals surface area (Å²) < 4.78 is 41.8. The number of hydrogen-bond acceptors (Lipinski definition) is 5. The molecule has 1 amide bonds. The molecule has 0 saturated carbocycles. The number of carbonyl (C=O) groups is 1. The molecule has 2 unspecified atom stereocenters. The first kappa shape index (κ1) is 21.5. The van der Waals surface area contributed by atoms with Crippen LogP contribution in [0.4, 0.5) is 4.39 Å². The number of nitrogens with zero attached hydrogens (tertiary/aromatic N) is 3. The molecule has 5 rings (SSSR count). The van der Waals surface area contributed by atoms with E-state index in [9.17, 15) is 17.6 Å². The summed E-state index contributed by atoms with van der Waals surface area (Å²) in [5.74, 6) is -0.856. The number of benzene rings is 2. The third kappa shape index (κ3) is 3.93. The number of rotatable bonds is 4. The Hall–Kier alpha value is -2.36. The van der Waals surface area contributed by atoms with Gasteiger partial charge < -0.3 is 4.90 Å². The van der Waals surface area contributed by atoms with E-state index in [1.807, 2.05) is 29.2 Å². The van der Waals surface area contributed by atoms with E-state index in [1.54, 1.807) is 11.3 Å². The van der Waals surface area contributed by atoms with Crippen LogP contribution in [0.15, 0.2) is 53.4 Å². The third-order valence-corrected chi connectivity index (χ3v) is 9.33. The van der Waals surface area contributed by atoms with Gasteiger partial charge in [-0.25, -0.2) is 17.8 Å². The molecule has 6 nitrogen and oxygen atoms in total. The first-order valence-corrected chi connectivity index (χ1v) is 13.1. The highest BCUT2D eigenvalue weighted by Gasteiger charge is 2.39. The molecule has 168 valence electrons. The lowest BCUT2D eigenvalue weighted by atomic mass is 9.97. The fourth-order valence-corrected chi connectivity index (χ4v) is 7.31. The van der Waals surface area contributed by atoms with Crippen molar-refractivity contribution in [2.24, 2.45) is 5.92 Å². The summed E-state index contributed by atoms with van der Waals surface area (Å²) in [4.78, 5) is 20.2. The van der Waals surface area contributed by atoms with Gasteiger partial charge in [0, 0.05) is 19.6 Å². The molecule has 9 heteroatoms. The zero-order valence-corrected chi connectivity index (χ0v) is 19.1. The summed E-state index contributed by atoms with van der Waals surface area (Å²) in [5, 5.41) is 0.948. The largest absolute Gasteiger partial charge is 0.333 e. The summed E-state index contributed by atoms with van der Waals surface area (Å²) in [7, 11) is -3.77. The zero-order valence-electron chi connectivity index (χ0n) is 17.5. The molecule has 0 aliphatic carbocycles. The van der Waals surface area contributed by atoms with Crippen molar-refractivity contribution >= 4 is 37.5 Å². The Balaban J connectivity index is 1.35. The Morgan fingerprint density at radius 3 is 2.56 bits per heavy atom. The summed E-state index contributed by atoms with van der Waals surface area (Å²) in [5.41, 5.74) is 0.945. The number of carbonyl (C=O) groups excluding carboxylic acids is 1. The first-order valence-electron chi connectivity index (χ1n) is 10.8. The second-order valence-electron chi connectivity index (χ2n) is 8.37. The fraction of sp³-hybridized carbons (Fsp3) is 0.391. The topological polar surface area (TPSA) is 70.6 Å². The first-order chi connectivity index (χ1) is 15.4. The van der Waals surface area contributed by atoms with Gasteiger partial charge in [0.25, 0.3) is 0 Å². The Labute approximate surface area is 190 Å². The Kier molecular flexibility index (Phi) is 5.73. The number of hydrogen-bond donors (Lipinski definition) is 0. The van der Waals surface area contributed by atoms with E-state index in [1.165, 1.54) is 16.4 Å². The highest BCUT2D eigenvalue weighted by molar-refractivity contribution is 7.89. The minimum absolute atomic E-state index is 0.00534. The van der Waals surface area contributed by atoms with Gasteiger partial charge in [-0.1, -0.05) is 12.1 Å². The smallest absolute Gasteiger partial charge is 0.243 e. The third-order valence-electron chi connectivity index (χ3n) is 6.32. The predicted octanol–water partition coefficient (Wildman–Crippen LogP) is 4.20. The average molecular weight is 474 g/mol. The van der Waals surface area contributed by atoms with Gasteiger partial charge in [0.2, 0.25) is 15.9 Å². The maximum atomic E-state index is 13.5. The highest BCUT2D eigenvalue weighted by atomic mass is 32.2. The monoisotopic (exact) mass is 473 g/mol. The maximum Gasteiger partial charge on any atom is 0.243 e. The van der Waals surface area contributed by atoms with E-state index in [-0.39, 0.29) is 29.3 Å². The van der Waals surface area contributed by atoms with Gasteiger partial charge in [-0.3, -0.25) is 4.79 Å². The highest BCUT2D eigenvalue weighted by Crippen LogP contribution is 2.38. The number of para-hydroxylation sites is 1. The number of piperidine rings is 1. The van der Waals surface area contributed by atoms with Crippen molar-refractivity contribution in [3.63, 3.8) is 0 Å². The van der Waals surface area contributed by atoms with E-state index in [0.717, 1.165) is 40.2 Å². The Morgan fingerprint density at radius 1 is 1.03 bits per heavy atom. The molecule has 1 aromatic heterocycles. The molecule has 0 spiro atoms. The van der Waals surface area contributed by atoms with Crippen LogP contribution >= 0.6 is 11.3 Å². The van der Waals surface area contributed by atoms with Gasteiger partial charge in [0.05, 0.1) is 27.1 Å². The molecule has 2 aromatic carbocycles. The van der Waals surface area contributed by atoms with Crippen molar-refractivity contribution in [2.45, 2.75) is 36.6 Å². The molecule has 0 radical (unpaired) electrons. The molecule has 2 aliphatic heterocycles. The van der Waals surface area contributed by atoms with Crippen molar-refractivity contribution in [2.75, 3.05) is 19.6 Å². The number of aromatic nitrogens is 1. The van der Waals surface area contributed by atoms with Crippen molar-refractivity contribution in [3.8, 4) is 0 Å². The van der Waals surface area contributed by atoms with Gasteiger partial charge in [-0.15, -0.1) is 11.3 Å². The molecular formula is C23H24FN3O3S2. The number of halogens is 1. The van der Waals surface area contributed by atoms with Crippen LogP contribution in [0.25, 0.3) is 10.2 Å². The van der Waals surface area contributed by atoms with Gasteiger partial charge in [-0.2, -0.15) is 4.31 Å². The molecule has 0 N–H and O–H groups in total.